The second-order valence-corrected chi connectivity index (χ2v) is 5.03. The van der Waals surface area contributed by atoms with Crippen LogP contribution >= 0.6 is 0 Å². The number of alkyl halides is 3. The van der Waals surface area contributed by atoms with E-state index < -0.39 is 24.0 Å². The van der Waals surface area contributed by atoms with Gasteiger partial charge in [-0.05, 0) is 19.9 Å². The summed E-state index contributed by atoms with van der Waals surface area (Å²) in [4.78, 5) is 1.35. The molecular formula is C11H19F3N2O2. The van der Waals surface area contributed by atoms with Crippen LogP contribution in [-0.4, -0.2) is 55.3 Å². The molecule has 0 radical (unpaired) electrons. The van der Waals surface area contributed by atoms with Crippen LogP contribution in [-0.2, 0) is 9.47 Å². The van der Waals surface area contributed by atoms with Gasteiger partial charge in [0.1, 0.15) is 6.04 Å². The van der Waals surface area contributed by atoms with Crippen molar-refractivity contribution in [1.82, 2.24) is 4.90 Å². The van der Waals surface area contributed by atoms with Crippen LogP contribution in [0.25, 0.3) is 0 Å². The zero-order chi connectivity index (χ0) is 13.4. The highest BCUT2D eigenvalue weighted by Gasteiger charge is 2.50. The summed E-state index contributed by atoms with van der Waals surface area (Å²) in [5.41, 5.74) is 5.50. The number of likely N-dealkylation sites (tertiary alicyclic amines) is 1. The molecule has 0 saturated carbocycles. The van der Waals surface area contributed by atoms with E-state index in [1.165, 1.54) is 11.8 Å². The Morgan fingerprint density at radius 3 is 2.39 bits per heavy atom. The SMILES string of the molecule is CC(N)C(N1CCCC2(C1)OCCO2)C(F)(F)F. The number of rotatable bonds is 2. The van der Waals surface area contributed by atoms with Crippen molar-refractivity contribution in [1.29, 1.82) is 0 Å². The Bertz CT molecular complexity index is 291. The molecule has 2 atom stereocenters. The Morgan fingerprint density at radius 1 is 1.28 bits per heavy atom. The first kappa shape index (κ1) is 14.0. The fourth-order valence-corrected chi connectivity index (χ4v) is 2.83. The topological polar surface area (TPSA) is 47.7 Å². The molecule has 2 aliphatic rings. The average Bonchev–Trinajstić information content (AvgIpc) is 2.63. The van der Waals surface area contributed by atoms with Gasteiger partial charge in [-0.15, -0.1) is 0 Å². The molecule has 0 aromatic heterocycles. The summed E-state index contributed by atoms with van der Waals surface area (Å²) in [6.07, 6.45) is -3.06. The average molecular weight is 268 g/mol. The lowest BCUT2D eigenvalue weighted by atomic mass is 9.99. The molecule has 2 rings (SSSR count). The van der Waals surface area contributed by atoms with Gasteiger partial charge < -0.3 is 15.2 Å². The Labute approximate surface area is 104 Å². The lowest BCUT2D eigenvalue weighted by Crippen LogP contribution is -2.61. The highest BCUT2D eigenvalue weighted by molar-refractivity contribution is 4.92. The molecular weight excluding hydrogens is 249 g/mol. The van der Waals surface area contributed by atoms with Crippen molar-refractivity contribution in [3.8, 4) is 0 Å². The van der Waals surface area contributed by atoms with Crippen LogP contribution in [0.5, 0.6) is 0 Å². The van der Waals surface area contributed by atoms with E-state index in [1.54, 1.807) is 0 Å². The fourth-order valence-electron chi connectivity index (χ4n) is 2.83. The number of hydrogen-bond acceptors (Lipinski definition) is 4. The summed E-state index contributed by atoms with van der Waals surface area (Å²) in [5.74, 6) is -0.851. The van der Waals surface area contributed by atoms with E-state index in [4.69, 9.17) is 15.2 Å². The van der Waals surface area contributed by atoms with Crippen molar-refractivity contribution in [2.24, 2.45) is 5.73 Å². The van der Waals surface area contributed by atoms with Gasteiger partial charge in [0, 0.05) is 12.5 Å². The van der Waals surface area contributed by atoms with Crippen LogP contribution < -0.4 is 5.73 Å². The number of halogens is 3. The van der Waals surface area contributed by atoms with Crippen molar-refractivity contribution in [2.45, 2.75) is 43.8 Å². The van der Waals surface area contributed by atoms with Crippen LogP contribution in [0.15, 0.2) is 0 Å². The van der Waals surface area contributed by atoms with Gasteiger partial charge in [0.25, 0.3) is 0 Å². The minimum atomic E-state index is -4.33. The summed E-state index contributed by atoms with van der Waals surface area (Å²) in [6, 6.07) is -2.61. The van der Waals surface area contributed by atoms with Gasteiger partial charge in [0.2, 0.25) is 0 Å². The molecule has 2 saturated heterocycles. The molecule has 106 valence electrons. The van der Waals surface area contributed by atoms with Gasteiger partial charge in [-0.3, -0.25) is 4.90 Å². The van der Waals surface area contributed by atoms with Crippen LogP contribution in [0.4, 0.5) is 13.2 Å². The van der Waals surface area contributed by atoms with E-state index in [2.05, 4.69) is 0 Å². The van der Waals surface area contributed by atoms with Crippen LogP contribution in [0.1, 0.15) is 19.8 Å². The molecule has 0 bridgehead atoms. The van der Waals surface area contributed by atoms with Crippen molar-refractivity contribution in [3.63, 3.8) is 0 Å². The molecule has 2 N–H and O–H groups in total. The Balaban J connectivity index is 2.11. The summed E-state index contributed by atoms with van der Waals surface area (Å²) in [6.45, 7) is 2.79. The maximum atomic E-state index is 13.0. The monoisotopic (exact) mass is 268 g/mol. The van der Waals surface area contributed by atoms with Crippen LogP contribution in [0.2, 0.25) is 0 Å². The first-order chi connectivity index (χ1) is 8.34. The first-order valence-corrected chi connectivity index (χ1v) is 6.18. The lowest BCUT2D eigenvalue weighted by Gasteiger charge is -2.43. The van der Waals surface area contributed by atoms with Crippen molar-refractivity contribution in [3.05, 3.63) is 0 Å². The van der Waals surface area contributed by atoms with Gasteiger partial charge in [0.15, 0.2) is 5.79 Å². The number of hydrogen-bond donors (Lipinski definition) is 1. The van der Waals surface area contributed by atoms with E-state index in [-0.39, 0.29) is 6.54 Å². The maximum Gasteiger partial charge on any atom is 0.405 e. The largest absolute Gasteiger partial charge is 0.405 e. The predicted octanol–water partition coefficient (Wildman–Crippen LogP) is 1.10. The molecule has 2 heterocycles. The predicted molar refractivity (Wildman–Crippen MR) is 58.9 cm³/mol. The highest BCUT2D eigenvalue weighted by atomic mass is 19.4. The standard InChI is InChI=1S/C11H19F3N2O2/c1-8(15)9(11(12,13)14)16-4-2-3-10(7-16)17-5-6-18-10/h8-9H,2-7,15H2,1H3. The fraction of sp³-hybridized carbons (Fsp3) is 1.00. The molecule has 7 heteroatoms. The van der Waals surface area contributed by atoms with Gasteiger partial charge in [-0.2, -0.15) is 13.2 Å². The summed E-state index contributed by atoms with van der Waals surface area (Å²) >= 11 is 0. The molecule has 0 aromatic rings. The quantitative estimate of drug-likeness (QED) is 0.815. The molecule has 1 spiro atoms. The third kappa shape index (κ3) is 2.79. The number of piperidine rings is 1. The number of ether oxygens (including phenoxy) is 2. The molecule has 0 aromatic carbocycles. The van der Waals surface area contributed by atoms with Crippen LogP contribution in [0.3, 0.4) is 0 Å². The zero-order valence-corrected chi connectivity index (χ0v) is 10.4. The van der Waals surface area contributed by atoms with E-state index in [0.29, 0.717) is 32.6 Å². The Hall–Kier alpha value is -0.370. The maximum absolute atomic E-state index is 13.0. The van der Waals surface area contributed by atoms with Crippen LogP contribution in [0, 0.1) is 0 Å². The van der Waals surface area contributed by atoms with Crippen molar-refractivity contribution < 1.29 is 22.6 Å². The zero-order valence-electron chi connectivity index (χ0n) is 10.4. The Kier molecular flexibility index (Phi) is 3.87. The minimum Gasteiger partial charge on any atom is -0.346 e. The third-order valence-electron chi connectivity index (χ3n) is 3.49. The summed E-state index contributed by atoms with van der Waals surface area (Å²) in [5, 5.41) is 0. The normalized spacial score (nSPS) is 28.5. The van der Waals surface area contributed by atoms with E-state index in [9.17, 15) is 13.2 Å². The third-order valence-corrected chi connectivity index (χ3v) is 3.49. The molecule has 4 nitrogen and oxygen atoms in total. The second-order valence-electron chi connectivity index (χ2n) is 5.03. The van der Waals surface area contributed by atoms with E-state index in [0.717, 1.165) is 0 Å². The molecule has 2 aliphatic heterocycles. The van der Waals surface area contributed by atoms with Gasteiger partial charge >= 0.3 is 6.18 Å². The molecule has 0 aliphatic carbocycles. The number of nitrogens with two attached hydrogens (primary N) is 1. The Morgan fingerprint density at radius 2 is 1.89 bits per heavy atom. The summed E-state index contributed by atoms with van der Waals surface area (Å²) < 4.78 is 50.0. The van der Waals surface area contributed by atoms with E-state index in [1.807, 2.05) is 0 Å². The van der Waals surface area contributed by atoms with Gasteiger partial charge in [-0.25, -0.2) is 0 Å². The lowest BCUT2D eigenvalue weighted by molar-refractivity contribution is -0.232. The first-order valence-electron chi connectivity index (χ1n) is 6.18. The van der Waals surface area contributed by atoms with Crippen molar-refractivity contribution in [2.75, 3.05) is 26.3 Å². The van der Waals surface area contributed by atoms with E-state index >= 15 is 0 Å². The smallest absolute Gasteiger partial charge is 0.346 e. The molecule has 18 heavy (non-hydrogen) atoms. The summed E-state index contributed by atoms with van der Waals surface area (Å²) in [7, 11) is 0. The van der Waals surface area contributed by atoms with Gasteiger partial charge in [0.05, 0.1) is 19.8 Å². The van der Waals surface area contributed by atoms with Gasteiger partial charge in [-0.1, -0.05) is 0 Å². The second kappa shape index (κ2) is 4.96. The minimum absolute atomic E-state index is 0.138. The molecule has 2 fully saturated rings. The molecule has 2 unspecified atom stereocenters. The van der Waals surface area contributed by atoms with Crippen molar-refractivity contribution >= 4 is 0 Å². The number of nitrogens with zero attached hydrogens (tertiary/aromatic N) is 1. The molecule has 0 amide bonds. The highest BCUT2D eigenvalue weighted by Crippen LogP contribution is 2.35.